The number of para-hydroxylation sites is 1. The smallest absolute Gasteiger partial charge is 0.272 e. The van der Waals surface area contributed by atoms with Crippen LogP contribution in [0.2, 0.25) is 0 Å². The molecule has 0 radical (unpaired) electrons. The van der Waals surface area contributed by atoms with Gasteiger partial charge in [-0.1, -0.05) is 42.1 Å². The number of aryl methyl sites for hydroxylation is 2. The number of aromatic nitrogens is 2. The highest BCUT2D eigenvalue weighted by Gasteiger charge is 2.16. The first kappa shape index (κ1) is 23.2. The monoisotopic (exact) mass is 476 g/mol. The summed E-state index contributed by atoms with van der Waals surface area (Å²) in [5.41, 5.74) is 7.29. The van der Waals surface area contributed by atoms with E-state index in [1.54, 1.807) is 24.3 Å². The molecule has 4 rings (SSSR count). The predicted molar refractivity (Wildman–Crippen MR) is 130 cm³/mol. The van der Waals surface area contributed by atoms with Gasteiger partial charge in [0.25, 0.3) is 11.5 Å². The molecule has 2 amide bonds. The summed E-state index contributed by atoms with van der Waals surface area (Å²) in [6.07, 6.45) is 0. The second-order valence-corrected chi connectivity index (χ2v) is 8.53. The SMILES string of the molecule is Cc1ccc(-n2c(SCC(=O)NNC(=O)c3ccccc3F)nc3ccccc3c2=O)cc1C. The van der Waals surface area contributed by atoms with Gasteiger partial charge in [-0.05, 0) is 61.4 Å². The maximum absolute atomic E-state index is 13.7. The number of hydrogen-bond donors (Lipinski definition) is 2. The van der Waals surface area contributed by atoms with Crippen LogP contribution in [0.15, 0.2) is 76.7 Å². The largest absolute Gasteiger partial charge is 0.272 e. The lowest BCUT2D eigenvalue weighted by molar-refractivity contribution is -0.119. The topological polar surface area (TPSA) is 93.1 Å². The number of benzene rings is 3. The standard InChI is InChI=1S/C25H21FN4O3S/c1-15-11-12-17(13-16(15)2)30-24(33)19-8-4-6-10-21(19)27-25(30)34-14-22(31)28-29-23(32)18-7-3-5-9-20(18)26/h3-13H,14H2,1-2H3,(H,28,31)(H,29,32). The van der Waals surface area contributed by atoms with E-state index in [0.29, 0.717) is 21.7 Å². The second kappa shape index (κ2) is 9.88. The van der Waals surface area contributed by atoms with E-state index >= 15 is 0 Å². The number of hydrazine groups is 1. The Morgan fingerprint density at radius 3 is 2.47 bits per heavy atom. The summed E-state index contributed by atoms with van der Waals surface area (Å²) in [7, 11) is 0. The van der Waals surface area contributed by atoms with Gasteiger partial charge in [0.15, 0.2) is 5.16 Å². The van der Waals surface area contributed by atoms with E-state index in [-0.39, 0.29) is 16.9 Å². The van der Waals surface area contributed by atoms with Crippen molar-refractivity contribution in [3.63, 3.8) is 0 Å². The van der Waals surface area contributed by atoms with Crippen molar-refractivity contribution >= 4 is 34.5 Å². The van der Waals surface area contributed by atoms with Crippen molar-refractivity contribution in [3.05, 3.63) is 99.6 Å². The molecule has 0 saturated carbocycles. The minimum atomic E-state index is -0.771. The van der Waals surface area contributed by atoms with Crippen molar-refractivity contribution in [3.8, 4) is 5.69 Å². The van der Waals surface area contributed by atoms with Gasteiger partial charge in [-0.25, -0.2) is 9.37 Å². The van der Waals surface area contributed by atoms with E-state index in [2.05, 4.69) is 15.8 Å². The predicted octanol–water partition coefficient (Wildman–Crippen LogP) is 3.69. The third-order valence-electron chi connectivity index (χ3n) is 5.26. The van der Waals surface area contributed by atoms with Crippen LogP contribution in [-0.2, 0) is 4.79 Å². The van der Waals surface area contributed by atoms with E-state index in [1.807, 2.05) is 32.0 Å². The molecule has 0 spiro atoms. The zero-order chi connectivity index (χ0) is 24.2. The Balaban J connectivity index is 1.57. The van der Waals surface area contributed by atoms with Gasteiger partial charge >= 0.3 is 0 Å². The molecule has 0 saturated heterocycles. The summed E-state index contributed by atoms with van der Waals surface area (Å²) < 4.78 is 15.2. The van der Waals surface area contributed by atoms with Gasteiger partial charge in [-0.3, -0.25) is 29.8 Å². The fraction of sp³-hybridized carbons (Fsp3) is 0.120. The van der Waals surface area contributed by atoms with Crippen LogP contribution in [-0.4, -0.2) is 27.1 Å². The Morgan fingerprint density at radius 2 is 1.71 bits per heavy atom. The van der Waals surface area contributed by atoms with Crippen LogP contribution >= 0.6 is 11.8 Å². The average molecular weight is 477 g/mol. The summed E-state index contributed by atoms with van der Waals surface area (Å²) in [5, 5.41) is 0.800. The van der Waals surface area contributed by atoms with E-state index in [1.165, 1.54) is 22.8 Å². The Labute approximate surface area is 199 Å². The van der Waals surface area contributed by atoms with Gasteiger partial charge in [0, 0.05) is 0 Å². The van der Waals surface area contributed by atoms with Gasteiger partial charge in [-0.15, -0.1) is 0 Å². The van der Waals surface area contributed by atoms with Gasteiger partial charge in [0.05, 0.1) is 27.9 Å². The van der Waals surface area contributed by atoms with Crippen LogP contribution in [0, 0.1) is 19.7 Å². The van der Waals surface area contributed by atoms with Crippen molar-refractivity contribution in [2.75, 3.05) is 5.75 Å². The Hall–Kier alpha value is -3.98. The lowest BCUT2D eigenvalue weighted by Crippen LogP contribution is -2.42. The molecule has 34 heavy (non-hydrogen) atoms. The van der Waals surface area contributed by atoms with Crippen molar-refractivity contribution in [1.29, 1.82) is 0 Å². The summed E-state index contributed by atoms with van der Waals surface area (Å²) in [6.45, 7) is 3.94. The molecule has 2 N–H and O–H groups in total. The van der Waals surface area contributed by atoms with Crippen molar-refractivity contribution in [2.45, 2.75) is 19.0 Å². The first-order chi connectivity index (χ1) is 16.3. The van der Waals surface area contributed by atoms with E-state index < -0.39 is 17.6 Å². The van der Waals surface area contributed by atoms with E-state index in [4.69, 9.17) is 0 Å². The maximum atomic E-state index is 13.7. The maximum Gasteiger partial charge on any atom is 0.272 e. The number of nitrogens with zero attached hydrogens (tertiary/aromatic N) is 2. The lowest BCUT2D eigenvalue weighted by atomic mass is 10.1. The molecule has 1 aromatic heterocycles. The molecule has 7 nitrogen and oxygen atoms in total. The number of carbonyl (C=O) groups is 2. The molecular weight excluding hydrogens is 455 g/mol. The number of carbonyl (C=O) groups excluding carboxylic acids is 2. The molecule has 0 atom stereocenters. The van der Waals surface area contributed by atoms with E-state index in [9.17, 15) is 18.8 Å². The number of fused-ring (bicyclic) bond motifs is 1. The molecule has 0 aliphatic carbocycles. The Bertz CT molecular complexity index is 1470. The third kappa shape index (κ3) is 4.84. The number of halogens is 1. The number of rotatable bonds is 5. The zero-order valence-electron chi connectivity index (χ0n) is 18.5. The number of amides is 2. The first-order valence-electron chi connectivity index (χ1n) is 10.4. The van der Waals surface area contributed by atoms with Crippen LogP contribution in [0.4, 0.5) is 4.39 Å². The molecular formula is C25H21FN4O3S. The molecule has 9 heteroatoms. The number of thioether (sulfide) groups is 1. The summed E-state index contributed by atoms with van der Waals surface area (Å²) in [5.74, 6) is -2.13. The van der Waals surface area contributed by atoms with Crippen LogP contribution in [0.3, 0.4) is 0 Å². The fourth-order valence-electron chi connectivity index (χ4n) is 3.31. The molecule has 3 aromatic carbocycles. The van der Waals surface area contributed by atoms with Crippen LogP contribution in [0.25, 0.3) is 16.6 Å². The molecule has 0 fully saturated rings. The van der Waals surface area contributed by atoms with Crippen molar-refractivity contribution < 1.29 is 14.0 Å². The van der Waals surface area contributed by atoms with Crippen LogP contribution < -0.4 is 16.4 Å². The highest BCUT2D eigenvalue weighted by molar-refractivity contribution is 7.99. The Kier molecular flexibility index (Phi) is 6.74. The summed E-state index contributed by atoms with van der Waals surface area (Å²) in [4.78, 5) is 42.4. The summed E-state index contributed by atoms with van der Waals surface area (Å²) in [6, 6.07) is 18.1. The third-order valence-corrected chi connectivity index (χ3v) is 6.20. The molecule has 1 heterocycles. The van der Waals surface area contributed by atoms with E-state index in [0.717, 1.165) is 29.0 Å². The molecule has 172 valence electrons. The Morgan fingerprint density at radius 1 is 0.971 bits per heavy atom. The van der Waals surface area contributed by atoms with Crippen molar-refractivity contribution in [2.24, 2.45) is 0 Å². The van der Waals surface area contributed by atoms with Crippen molar-refractivity contribution in [1.82, 2.24) is 20.4 Å². The highest BCUT2D eigenvalue weighted by Crippen LogP contribution is 2.22. The second-order valence-electron chi connectivity index (χ2n) is 7.59. The normalized spacial score (nSPS) is 10.8. The fourth-order valence-corrected chi connectivity index (χ4v) is 4.12. The van der Waals surface area contributed by atoms with Crippen LogP contribution in [0.1, 0.15) is 21.5 Å². The molecule has 0 unspecified atom stereocenters. The molecule has 0 aliphatic heterocycles. The first-order valence-corrected chi connectivity index (χ1v) is 11.4. The minimum Gasteiger partial charge on any atom is -0.272 e. The molecule has 4 aromatic rings. The van der Waals surface area contributed by atoms with Gasteiger partial charge in [0.1, 0.15) is 5.82 Å². The molecule has 0 aliphatic rings. The minimum absolute atomic E-state index is 0.132. The van der Waals surface area contributed by atoms with Crippen LogP contribution in [0.5, 0.6) is 0 Å². The highest BCUT2D eigenvalue weighted by atomic mass is 32.2. The number of hydrogen-bond acceptors (Lipinski definition) is 5. The van der Waals surface area contributed by atoms with Gasteiger partial charge < -0.3 is 0 Å². The number of nitrogens with one attached hydrogen (secondary N) is 2. The quantitative estimate of drug-likeness (QED) is 0.260. The summed E-state index contributed by atoms with van der Waals surface area (Å²) >= 11 is 1.05. The zero-order valence-corrected chi connectivity index (χ0v) is 19.3. The average Bonchev–Trinajstić information content (AvgIpc) is 2.83. The van der Waals surface area contributed by atoms with Gasteiger partial charge in [-0.2, -0.15) is 0 Å². The lowest BCUT2D eigenvalue weighted by Gasteiger charge is -2.14. The molecule has 0 bridgehead atoms. The van der Waals surface area contributed by atoms with Gasteiger partial charge in [0.2, 0.25) is 5.91 Å².